The normalized spacial score (nSPS) is 12.1. The molecule has 94 valence electrons. The van der Waals surface area contributed by atoms with Crippen LogP contribution in [0.5, 0.6) is 5.75 Å². The van der Waals surface area contributed by atoms with Crippen LogP contribution in [0.2, 0.25) is 0 Å². The van der Waals surface area contributed by atoms with E-state index in [0.717, 1.165) is 5.75 Å². The van der Waals surface area contributed by atoms with Gasteiger partial charge in [-0.05, 0) is 24.6 Å². The highest BCUT2D eigenvalue weighted by molar-refractivity contribution is 5.67. The minimum atomic E-state index is -1.05. The van der Waals surface area contributed by atoms with Crippen molar-refractivity contribution in [2.45, 2.75) is 13.0 Å². The molecule has 0 aliphatic rings. The number of aliphatic hydroxyl groups is 1. The molecule has 0 saturated heterocycles. The van der Waals surface area contributed by atoms with E-state index in [-0.39, 0.29) is 6.61 Å². The van der Waals surface area contributed by atoms with Crippen molar-refractivity contribution in [3.63, 3.8) is 0 Å². The summed E-state index contributed by atoms with van der Waals surface area (Å²) in [4.78, 5) is 10.2. The van der Waals surface area contributed by atoms with E-state index in [4.69, 9.17) is 14.6 Å². The molecule has 0 radical (unpaired) electrons. The number of carboxylic acids is 1. The molecule has 0 aromatic heterocycles. The smallest absolute Gasteiger partial charge is 0.329 e. The fraction of sp³-hybridized carbons (Fsp3) is 0.417. The first kappa shape index (κ1) is 13.5. The second-order valence-corrected chi connectivity index (χ2v) is 3.43. The van der Waals surface area contributed by atoms with E-state index in [0.29, 0.717) is 12.2 Å². The standard InChI is InChI=1S/C12H16O5/c1-2-17-10-5-3-9(4-6-10)11(13)7-16-8-12(14)15/h3-6,11,13H,2,7-8H2,1H3,(H,14,15). The summed E-state index contributed by atoms with van der Waals surface area (Å²) in [6.07, 6.45) is -0.829. The lowest BCUT2D eigenvalue weighted by molar-refractivity contribution is -0.143. The summed E-state index contributed by atoms with van der Waals surface area (Å²) in [6, 6.07) is 6.94. The number of hydrogen-bond donors (Lipinski definition) is 2. The molecule has 1 unspecified atom stereocenters. The lowest BCUT2D eigenvalue weighted by Gasteiger charge is -2.11. The highest BCUT2D eigenvalue weighted by atomic mass is 16.5. The van der Waals surface area contributed by atoms with Gasteiger partial charge in [-0.1, -0.05) is 12.1 Å². The molecule has 0 bridgehead atoms. The van der Waals surface area contributed by atoms with E-state index in [1.54, 1.807) is 24.3 Å². The van der Waals surface area contributed by atoms with Gasteiger partial charge in [-0.2, -0.15) is 0 Å². The molecule has 0 spiro atoms. The van der Waals surface area contributed by atoms with Crippen molar-refractivity contribution in [2.75, 3.05) is 19.8 Å². The molecule has 5 nitrogen and oxygen atoms in total. The van der Waals surface area contributed by atoms with Crippen molar-refractivity contribution in [3.8, 4) is 5.75 Å². The van der Waals surface area contributed by atoms with E-state index in [2.05, 4.69) is 0 Å². The largest absolute Gasteiger partial charge is 0.494 e. The van der Waals surface area contributed by atoms with Gasteiger partial charge in [0, 0.05) is 0 Å². The second-order valence-electron chi connectivity index (χ2n) is 3.43. The Bertz CT molecular complexity index is 346. The summed E-state index contributed by atoms with van der Waals surface area (Å²) >= 11 is 0. The van der Waals surface area contributed by atoms with Crippen LogP contribution in [0, 0.1) is 0 Å². The molecule has 5 heteroatoms. The van der Waals surface area contributed by atoms with E-state index in [9.17, 15) is 9.90 Å². The number of carboxylic acid groups (broad SMARTS) is 1. The maximum absolute atomic E-state index is 10.2. The molecule has 0 amide bonds. The topological polar surface area (TPSA) is 76.0 Å². The number of hydrogen-bond acceptors (Lipinski definition) is 4. The molecule has 1 aromatic carbocycles. The summed E-state index contributed by atoms with van der Waals surface area (Å²) in [5.74, 6) is -0.321. The van der Waals surface area contributed by atoms with E-state index in [1.165, 1.54) is 0 Å². The molecule has 1 atom stereocenters. The Balaban J connectivity index is 2.45. The fourth-order valence-corrected chi connectivity index (χ4v) is 1.31. The lowest BCUT2D eigenvalue weighted by Crippen LogP contribution is -2.13. The highest BCUT2D eigenvalue weighted by Crippen LogP contribution is 2.18. The number of ether oxygens (including phenoxy) is 2. The summed E-state index contributed by atoms with van der Waals surface area (Å²) in [5.41, 5.74) is 0.666. The second kappa shape index (κ2) is 6.88. The number of carbonyl (C=O) groups is 1. The van der Waals surface area contributed by atoms with Crippen molar-refractivity contribution in [2.24, 2.45) is 0 Å². The van der Waals surface area contributed by atoms with Gasteiger partial charge in [0.05, 0.1) is 13.2 Å². The van der Waals surface area contributed by atoms with E-state index < -0.39 is 18.7 Å². The molecule has 0 heterocycles. The van der Waals surface area contributed by atoms with Gasteiger partial charge in [0.1, 0.15) is 18.5 Å². The summed E-state index contributed by atoms with van der Waals surface area (Å²) in [7, 11) is 0. The maximum Gasteiger partial charge on any atom is 0.329 e. The van der Waals surface area contributed by atoms with Crippen LogP contribution in [-0.2, 0) is 9.53 Å². The number of benzene rings is 1. The molecule has 1 rings (SSSR count). The number of rotatable bonds is 7. The zero-order chi connectivity index (χ0) is 12.7. The Kier molecular flexibility index (Phi) is 5.45. The van der Waals surface area contributed by atoms with Crippen LogP contribution in [0.4, 0.5) is 0 Å². The van der Waals surface area contributed by atoms with Gasteiger partial charge in [-0.3, -0.25) is 0 Å². The van der Waals surface area contributed by atoms with Crippen molar-refractivity contribution < 1.29 is 24.5 Å². The van der Waals surface area contributed by atoms with E-state index >= 15 is 0 Å². The van der Waals surface area contributed by atoms with E-state index in [1.807, 2.05) is 6.92 Å². The third-order valence-electron chi connectivity index (χ3n) is 2.08. The molecule has 0 fully saturated rings. The SMILES string of the molecule is CCOc1ccc(C(O)COCC(=O)O)cc1. The van der Waals surface area contributed by atoms with Gasteiger partial charge in [0.25, 0.3) is 0 Å². The van der Waals surface area contributed by atoms with Gasteiger partial charge in [-0.25, -0.2) is 4.79 Å². The van der Waals surface area contributed by atoms with Crippen molar-refractivity contribution in [1.29, 1.82) is 0 Å². The predicted octanol–water partition coefficient (Wildman–Crippen LogP) is 1.22. The van der Waals surface area contributed by atoms with Crippen LogP contribution in [0.1, 0.15) is 18.6 Å². The average molecular weight is 240 g/mol. The molecule has 0 aliphatic heterocycles. The van der Waals surface area contributed by atoms with Crippen LogP contribution in [0.15, 0.2) is 24.3 Å². The quantitative estimate of drug-likeness (QED) is 0.749. The minimum Gasteiger partial charge on any atom is -0.494 e. The lowest BCUT2D eigenvalue weighted by atomic mass is 10.1. The molecular formula is C12H16O5. The zero-order valence-electron chi connectivity index (χ0n) is 9.63. The van der Waals surface area contributed by atoms with Crippen LogP contribution >= 0.6 is 0 Å². The minimum absolute atomic E-state index is 0.0414. The van der Waals surface area contributed by atoms with Gasteiger partial charge in [0.15, 0.2) is 0 Å². The Morgan fingerprint density at radius 1 is 1.35 bits per heavy atom. The van der Waals surface area contributed by atoms with Crippen LogP contribution in [0.3, 0.4) is 0 Å². The zero-order valence-corrected chi connectivity index (χ0v) is 9.63. The first-order valence-corrected chi connectivity index (χ1v) is 5.34. The Labute approximate surface area is 99.6 Å². The Morgan fingerprint density at radius 3 is 2.53 bits per heavy atom. The summed E-state index contributed by atoms with van der Waals surface area (Å²) in [5, 5.41) is 18.1. The summed E-state index contributed by atoms with van der Waals surface area (Å²) in [6.45, 7) is 2.03. The van der Waals surface area contributed by atoms with Gasteiger partial charge >= 0.3 is 5.97 Å². The first-order valence-electron chi connectivity index (χ1n) is 5.34. The van der Waals surface area contributed by atoms with Crippen LogP contribution in [0.25, 0.3) is 0 Å². The molecule has 0 aliphatic carbocycles. The summed E-state index contributed by atoms with van der Waals surface area (Å²) < 4.78 is 10.1. The van der Waals surface area contributed by atoms with Gasteiger partial charge in [-0.15, -0.1) is 0 Å². The van der Waals surface area contributed by atoms with Gasteiger partial charge in [0.2, 0.25) is 0 Å². The van der Waals surface area contributed by atoms with Crippen molar-refractivity contribution in [1.82, 2.24) is 0 Å². The fourth-order valence-electron chi connectivity index (χ4n) is 1.31. The van der Waals surface area contributed by atoms with Crippen molar-refractivity contribution in [3.05, 3.63) is 29.8 Å². The number of aliphatic hydroxyl groups excluding tert-OH is 1. The first-order chi connectivity index (χ1) is 8.13. The molecule has 0 saturated carbocycles. The predicted molar refractivity (Wildman–Crippen MR) is 61.0 cm³/mol. The molecule has 17 heavy (non-hydrogen) atoms. The third kappa shape index (κ3) is 4.84. The van der Waals surface area contributed by atoms with Crippen LogP contribution in [-0.4, -0.2) is 36.0 Å². The number of aliphatic carboxylic acids is 1. The average Bonchev–Trinajstić information content (AvgIpc) is 2.30. The Hall–Kier alpha value is -1.59. The molecule has 2 N–H and O–H groups in total. The Morgan fingerprint density at radius 2 is 2.00 bits per heavy atom. The third-order valence-corrected chi connectivity index (χ3v) is 2.08. The maximum atomic E-state index is 10.2. The van der Waals surface area contributed by atoms with Crippen LogP contribution < -0.4 is 4.74 Å². The molecule has 1 aromatic rings. The van der Waals surface area contributed by atoms with Gasteiger partial charge < -0.3 is 19.7 Å². The van der Waals surface area contributed by atoms with Crippen molar-refractivity contribution >= 4 is 5.97 Å². The molecular weight excluding hydrogens is 224 g/mol. The highest BCUT2D eigenvalue weighted by Gasteiger charge is 2.08. The monoisotopic (exact) mass is 240 g/mol.